The van der Waals surface area contributed by atoms with Crippen LogP contribution in [0.4, 0.5) is 0 Å². The van der Waals surface area contributed by atoms with E-state index in [0.717, 1.165) is 49.1 Å². The summed E-state index contributed by atoms with van der Waals surface area (Å²) in [7, 11) is 0. The summed E-state index contributed by atoms with van der Waals surface area (Å²) in [6.45, 7) is 2.50. The smallest absolute Gasteiger partial charge is 0.231 e. The van der Waals surface area contributed by atoms with Gasteiger partial charge in [-0.15, -0.1) is 35.3 Å². The van der Waals surface area contributed by atoms with Gasteiger partial charge in [-0.05, 0) is 47.7 Å². The van der Waals surface area contributed by atoms with Crippen LogP contribution in [-0.4, -0.2) is 25.8 Å². The Balaban J connectivity index is 0.00000240. The first-order valence-electron chi connectivity index (χ1n) is 9.32. The highest BCUT2D eigenvalue weighted by atomic mass is 127. The summed E-state index contributed by atoms with van der Waals surface area (Å²) in [5.74, 6) is 3.40. The molecule has 29 heavy (non-hydrogen) atoms. The number of thiophene rings is 1. The second kappa shape index (κ2) is 11.1. The number of rotatable bonds is 8. The Labute approximate surface area is 191 Å². The van der Waals surface area contributed by atoms with E-state index >= 15 is 0 Å². The zero-order valence-electron chi connectivity index (χ0n) is 15.9. The molecule has 0 saturated carbocycles. The van der Waals surface area contributed by atoms with Crippen LogP contribution in [0.5, 0.6) is 11.5 Å². The highest BCUT2D eigenvalue weighted by molar-refractivity contribution is 14.0. The summed E-state index contributed by atoms with van der Waals surface area (Å²) in [4.78, 5) is 5.94. The molecule has 0 bridgehead atoms. The van der Waals surface area contributed by atoms with Crippen molar-refractivity contribution in [3.05, 3.63) is 70.3 Å². The lowest BCUT2D eigenvalue weighted by molar-refractivity contribution is 0.174. The second-order valence-electron chi connectivity index (χ2n) is 6.36. The Morgan fingerprint density at radius 1 is 1.00 bits per heavy atom. The molecule has 3 aromatic rings. The van der Waals surface area contributed by atoms with Crippen molar-refractivity contribution in [2.75, 3.05) is 19.9 Å². The van der Waals surface area contributed by atoms with Crippen molar-refractivity contribution in [3.63, 3.8) is 0 Å². The number of furan rings is 1. The van der Waals surface area contributed by atoms with Crippen molar-refractivity contribution >= 4 is 41.3 Å². The molecule has 1 aliphatic heterocycles. The summed E-state index contributed by atoms with van der Waals surface area (Å²) in [6.07, 6.45) is 3.38. The number of nitrogens with one attached hydrogen (secondary N) is 2. The average Bonchev–Trinajstić information content (AvgIpc) is 3.47. The molecule has 0 radical (unpaired) electrons. The lowest BCUT2D eigenvalue weighted by atomic mass is 10.1. The fraction of sp³-hybridized carbons (Fsp3) is 0.286. The van der Waals surface area contributed by atoms with E-state index in [1.165, 1.54) is 10.4 Å². The third-order valence-electron chi connectivity index (χ3n) is 4.36. The van der Waals surface area contributed by atoms with E-state index in [4.69, 9.17) is 18.9 Å². The number of guanidine groups is 1. The molecule has 6 nitrogen and oxygen atoms in total. The van der Waals surface area contributed by atoms with Crippen molar-refractivity contribution in [2.45, 2.75) is 19.4 Å². The van der Waals surface area contributed by atoms with Crippen molar-refractivity contribution in [2.24, 2.45) is 4.99 Å². The second-order valence-corrected chi connectivity index (χ2v) is 7.40. The summed E-state index contributed by atoms with van der Waals surface area (Å²) in [6, 6.07) is 14.1. The number of ether oxygens (including phenoxy) is 2. The number of nitrogens with zero attached hydrogens (tertiary/aromatic N) is 1. The van der Waals surface area contributed by atoms with E-state index in [2.05, 4.69) is 28.1 Å². The molecule has 4 rings (SSSR count). The Bertz CT molecular complexity index is 898. The Hall–Kier alpha value is -2.20. The molecule has 154 valence electrons. The van der Waals surface area contributed by atoms with Gasteiger partial charge in [-0.25, -0.2) is 4.99 Å². The maximum Gasteiger partial charge on any atom is 0.231 e. The van der Waals surface area contributed by atoms with Crippen LogP contribution in [0.2, 0.25) is 0 Å². The molecular formula is C21H24IN3O3S. The fourth-order valence-corrected chi connectivity index (χ4v) is 3.54. The molecule has 8 heteroatoms. The van der Waals surface area contributed by atoms with Crippen molar-refractivity contribution in [3.8, 4) is 11.5 Å². The van der Waals surface area contributed by atoms with E-state index < -0.39 is 0 Å². The Morgan fingerprint density at radius 2 is 1.86 bits per heavy atom. The first kappa shape index (κ1) is 21.5. The highest BCUT2D eigenvalue weighted by Crippen LogP contribution is 2.32. The standard InChI is InChI=1S/C21H23N3O3S.HI/c1-3-17(25-11-1)8-10-23-21(24-14-18-4-2-12-28-18)22-9-7-16-5-6-19-20(13-16)27-15-26-19;/h1-6,11-13H,7-10,14-15H2,(H2,22,23,24);1H. The van der Waals surface area contributed by atoms with Gasteiger partial charge in [0, 0.05) is 24.4 Å². The van der Waals surface area contributed by atoms with Crippen LogP contribution in [-0.2, 0) is 19.4 Å². The SMILES string of the molecule is I.c1coc(CCNC(=NCc2cccs2)NCCc2ccc3c(c2)OCO3)c1. The molecule has 1 aliphatic rings. The van der Waals surface area contributed by atoms with Gasteiger partial charge in [0.2, 0.25) is 6.79 Å². The van der Waals surface area contributed by atoms with Crippen LogP contribution >= 0.6 is 35.3 Å². The summed E-state index contributed by atoms with van der Waals surface area (Å²) in [5, 5.41) is 8.88. The highest BCUT2D eigenvalue weighted by Gasteiger charge is 2.13. The minimum atomic E-state index is 0. The van der Waals surface area contributed by atoms with E-state index in [9.17, 15) is 0 Å². The van der Waals surface area contributed by atoms with Gasteiger partial charge < -0.3 is 24.5 Å². The molecule has 2 N–H and O–H groups in total. The van der Waals surface area contributed by atoms with Crippen molar-refractivity contribution < 1.29 is 13.9 Å². The first-order chi connectivity index (χ1) is 13.9. The van der Waals surface area contributed by atoms with Gasteiger partial charge >= 0.3 is 0 Å². The van der Waals surface area contributed by atoms with Crippen molar-refractivity contribution in [1.82, 2.24) is 10.6 Å². The van der Waals surface area contributed by atoms with Crippen LogP contribution < -0.4 is 20.1 Å². The quantitative estimate of drug-likeness (QED) is 0.262. The largest absolute Gasteiger partial charge is 0.469 e. The van der Waals surface area contributed by atoms with Crippen LogP contribution in [0.15, 0.2) is 63.5 Å². The number of hydrogen-bond donors (Lipinski definition) is 2. The van der Waals surface area contributed by atoms with E-state index in [1.807, 2.05) is 30.3 Å². The topological polar surface area (TPSA) is 68.0 Å². The van der Waals surface area contributed by atoms with E-state index in [1.54, 1.807) is 17.6 Å². The van der Waals surface area contributed by atoms with E-state index in [-0.39, 0.29) is 24.0 Å². The van der Waals surface area contributed by atoms with Gasteiger partial charge in [0.05, 0.1) is 12.8 Å². The van der Waals surface area contributed by atoms with E-state index in [0.29, 0.717) is 13.3 Å². The zero-order chi connectivity index (χ0) is 19.0. The Morgan fingerprint density at radius 3 is 2.66 bits per heavy atom. The van der Waals surface area contributed by atoms with Gasteiger partial charge in [-0.3, -0.25) is 0 Å². The monoisotopic (exact) mass is 525 g/mol. The molecule has 2 aromatic heterocycles. The summed E-state index contributed by atoms with van der Waals surface area (Å²) < 4.78 is 16.2. The minimum Gasteiger partial charge on any atom is -0.469 e. The molecule has 0 amide bonds. The predicted octanol–water partition coefficient (Wildman–Crippen LogP) is 4.21. The molecule has 0 fully saturated rings. The third kappa shape index (κ3) is 6.40. The van der Waals surface area contributed by atoms with Gasteiger partial charge in [0.1, 0.15) is 5.76 Å². The Kier molecular flexibility index (Phi) is 8.24. The molecule has 1 aromatic carbocycles. The number of halogens is 1. The molecular weight excluding hydrogens is 501 g/mol. The molecule has 0 aliphatic carbocycles. The fourth-order valence-electron chi connectivity index (χ4n) is 2.91. The predicted molar refractivity (Wildman–Crippen MR) is 126 cm³/mol. The molecule has 0 atom stereocenters. The summed E-state index contributed by atoms with van der Waals surface area (Å²) >= 11 is 1.72. The maximum absolute atomic E-state index is 5.45. The van der Waals surface area contributed by atoms with Crippen LogP contribution in [0.1, 0.15) is 16.2 Å². The molecule has 0 saturated heterocycles. The van der Waals surface area contributed by atoms with Crippen LogP contribution in [0.3, 0.4) is 0 Å². The third-order valence-corrected chi connectivity index (χ3v) is 5.22. The lowest BCUT2D eigenvalue weighted by Crippen LogP contribution is -2.39. The number of hydrogen-bond acceptors (Lipinski definition) is 5. The normalized spacial score (nSPS) is 12.5. The lowest BCUT2D eigenvalue weighted by Gasteiger charge is -2.12. The molecule has 0 spiro atoms. The number of benzene rings is 1. The molecule has 3 heterocycles. The van der Waals surface area contributed by atoms with Gasteiger partial charge in [0.25, 0.3) is 0 Å². The van der Waals surface area contributed by atoms with Gasteiger partial charge in [-0.1, -0.05) is 12.1 Å². The number of fused-ring (bicyclic) bond motifs is 1. The summed E-state index contributed by atoms with van der Waals surface area (Å²) in [5.41, 5.74) is 1.20. The molecule has 0 unspecified atom stereocenters. The van der Waals surface area contributed by atoms with Crippen LogP contribution in [0, 0.1) is 0 Å². The number of aliphatic imine (C=N–C) groups is 1. The van der Waals surface area contributed by atoms with Crippen molar-refractivity contribution in [1.29, 1.82) is 0 Å². The first-order valence-corrected chi connectivity index (χ1v) is 10.2. The zero-order valence-corrected chi connectivity index (χ0v) is 19.1. The average molecular weight is 525 g/mol. The minimum absolute atomic E-state index is 0. The maximum atomic E-state index is 5.45. The van der Waals surface area contributed by atoms with Gasteiger partial charge in [-0.2, -0.15) is 0 Å². The van der Waals surface area contributed by atoms with Gasteiger partial charge in [0.15, 0.2) is 17.5 Å². The van der Waals surface area contributed by atoms with Crippen LogP contribution in [0.25, 0.3) is 0 Å².